The van der Waals surface area contributed by atoms with Crippen molar-refractivity contribution in [3.63, 3.8) is 0 Å². The smallest absolute Gasteiger partial charge is 0.337 e. The number of aliphatic hydroxyl groups is 1. The molecule has 16 rings (SSSR count). The number of aldehydes is 1. The molecule has 0 aliphatic rings. The monoisotopic (exact) mass is 1530 g/mol. The van der Waals surface area contributed by atoms with Gasteiger partial charge < -0.3 is 52.3 Å². The number of methoxy groups -OCH3 is 3. The first-order chi connectivity index (χ1) is 53.0. The first kappa shape index (κ1) is 78.8. The van der Waals surface area contributed by atoms with Gasteiger partial charge in [-0.2, -0.15) is 0 Å². The van der Waals surface area contributed by atoms with Crippen molar-refractivity contribution in [3.05, 3.63) is 313 Å². The maximum atomic E-state index is 14.2. The molecule has 2 heterocycles. The van der Waals surface area contributed by atoms with Crippen LogP contribution in [-0.2, 0) is 33.3 Å². The second-order valence-corrected chi connectivity index (χ2v) is 28.2. The number of nitrogen functional groups attached to an aromatic ring is 4. The molecule has 25 heteroatoms. The third-order valence-corrected chi connectivity index (χ3v) is 20.1. The number of nitrogens with two attached hydrogens (primary N) is 4. The summed E-state index contributed by atoms with van der Waals surface area (Å²) in [6.45, 7) is 0. The lowest BCUT2D eigenvalue weighted by Crippen LogP contribution is -2.15. The fourth-order valence-electron chi connectivity index (χ4n) is 11.6. The highest BCUT2D eigenvalue weighted by molar-refractivity contribution is 8.13. The van der Waals surface area contributed by atoms with E-state index in [2.05, 4.69) is 32.9 Å². The highest BCUT2D eigenvalue weighted by Gasteiger charge is 2.28. The lowest BCUT2D eigenvalue weighted by molar-refractivity contribution is 0.0592. The van der Waals surface area contributed by atoms with Crippen LogP contribution < -0.4 is 22.9 Å². The molecular weight excluding hydrogens is 1460 g/mol. The molecule has 0 aliphatic carbocycles. The van der Waals surface area contributed by atoms with Gasteiger partial charge in [0.05, 0.1) is 98.2 Å². The average molecular weight is 1530 g/mol. The topological polar surface area (TPSA) is 372 Å². The summed E-state index contributed by atoms with van der Waals surface area (Å²) in [6, 6.07) is 85.3. The number of H-pyrrole nitrogens is 1. The van der Waals surface area contributed by atoms with Gasteiger partial charge in [0.2, 0.25) is 0 Å². The predicted molar refractivity (Wildman–Crippen MR) is 434 cm³/mol. The van der Waals surface area contributed by atoms with E-state index in [1.165, 1.54) is 67.1 Å². The molecule has 0 saturated heterocycles. The number of imidazole rings is 2. The van der Waals surface area contributed by atoms with Crippen molar-refractivity contribution in [2.24, 2.45) is 0 Å². The van der Waals surface area contributed by atoms with Crippen molar-refractivity contribution in [2.75, 3.05) is 51.4 Å². The Bertz CT molecular complexity index is 6360. The zero-order valence-corrected chi connectivity index (χ0v) is 61.7. The number of esters is 3. The van der Waals surface area contributed by atoms with E-state index < -0.39 is 37.0 Å². The van der Waals surface area contributed by atoms with Crippen molar-refractivity contribution < 1.29 is 65.2 Å². The Hall–Kier alpha value is -13.8. The largest absolute Gasteiger partial charge is 0.478 e. The summed E-state index contributed by atoms with van der Waals surface area (Å²) < 4.78 is 65.9. The average Bonchev–Trinajstić information content (AvgIpc) is 1.56. The van der Waals surface area contributed by atoms with Crippen LogP contribution in [0.5, 0.6) is 0 Å². The number of nitrogens with one attached hydrogen (secondary N) is 1. The van der Waals surface area contributed by atoms with Crippen LogP contribution >= 0.6 is 10.7 Å². The summed E-state index contributed by atoms with van der Waals surface area (Å²) in [5, 5.41) is 25.4. The van der Waals surface area contributed by atoms with Crippen molar-refractivity contribution >= 4 is 159 Å². The molecule has 11 N–H and O–H groups in total. The Balaban J connectivity index is 0.000000150. The number of hydrogen-bond acceptors (Lipinski definition) is 19. The molecule has 14 aromatic carbocycles. The van der Waals surface area contributed by atoms with E-state index in [0.717, 1.165) is 89.9 Å². The number of ether oxygens (including phenoxy) is 3. The summed E-state index contributed by atoms with van der Waals surface area (Å²) in [5.41, 5.74) is 29.4. The quantitative estimate of drug-likeness (QED) is 0.0220. The second kappa shape index (κ2) is 35.5. The van der Waals surface area contributed by atoms with Gasteiger partial charge in [0.15, 0.2) is 12.1 Å². The Morgan fingerprint density at radius 1 is 0.418 bits per heavy atom. The normalized spacial score (nSPS) is 10.8. The van der Waals surface area contributed by atoms with Crippen LogP contribution in [-0.4, -0.2) is 105 Å². The number of aromatic carboxylic acids is 1. The van der Waals surface area contributed by atoms with E-state index in [4.69, 9.17) is 58.3 Å². The van der Waals surface area contributed by atoms with Crippen molar-refractivity contribution in [2.45, 2.75) is 9.79 Å². The number of rotatable bonds is 10. The number of carboxylic acids is 1. The lowest BCUT2D eigenvalue weighted by Gasteiger charge is -2.13. The van der Waals surface area contributed by atoms with Crippen LogP contribution in [0.4, 0.5) is 22.7 Å². The van der Waals surface area contributed by atoms with Gasteiger partial charge in [0.25, 0.3) is 19.1 Å². The molecule has 0 fully saturated rings. The fourth-order valence-corrected chi connectivity index (χ4v) is 13.9. The van der Waals surface area contributed by atoms with Gasteiger partial charge in [0.1, 0.15) is 5.82 Å². The highest BCUT2D eigenvalue weighted by Crippen LogP contribution is 2.36. The van der Waals surface area contributed by atoms with Gasteiger partial charge in [-0.1, -0.05) is 188 Å². The van der Waals surface area contributed by atoms with Gasteiger partial charge in [-0.05, 0) is 151 Å². The molecule has 0 aliphatic heterocycles. The van der Waals surface area contributed by atoms with Crippen LogP contribution in [0, 0.1) is 0 Å². The van der Waals surface area contributed by atoms with Gasteiger partial charge >= 0.3 is 23.9 Å². The van der Waals surface area contributed by atoms with Crippen molar-refractivity contribution in [3.8, 4) is 22.8 Å². The SMILES string of the molecule is CO.COC(=O)c1ccc(N)c(N)c1.COC(=O)c1ccc2nc(-c3cccc4ccccc34)[nH]c2c1.COC(=O)c1ccc2nc(-c3cccc4ccccc34)n(S(=O)(=O)c3ccc4ccccc4c3)c2c1.Nc1ccc(C(=O)O)cc1N.O=Cc1cccc2ccccc12.O=S(=O)(Cl)c1ccc2ccccc2c1. The Labute approximate surface area is 635 Å². The maximum absolute atomic E-state index is 14.2. The highest BCUT2D eigenvalue weighted by atomic mass is 35.7. The minimum absolute atomic E-state index is 0.130. The number of hydrogen-bond donors (Lipinski definition) is 7. The van der Waals surface area contributed by atoms with Crippen LogP contribution in [0.3, 0.4) is 0 Å². The van der Waals surface area contributed by atoms with Gasteiger partial charge in [0, 0.05) is 34.5 Å². The van der Waals surface area contributed by atoms with E-state index in [9.17, 15) is 40.8 Å². The first-order valence-electron chi connectivity index (χ1n) is 33.3. The molecule has 22 nitrogen and oxygen atoms in total. The van der Waals surface area contributed by atoms with Crippen LogP contribution in [0.15, 0.2) is 295 Å². The second-order valence-electron chi connectivity index (χ2n) is 23.9. The van der Waals surface area contributed by atoms with Crippen molar-refractivity contribution in [1.29, 1.82) is 0 Å². The van der Waals surface area contributed by atoms with E-state index in [1.807, 2.05) is 164 Å². The predicted octanol–water partition coefficient (Wildman–Crippen LogP) is 16.4. The third-order valence-electron chi connectivity index (χ3n) is 17.1. The maximum Gasteiger partial charge on any atom is 0.337 e. The zero-order chi connectivity index (χ0) is 78.8. The van der Waals surface area contributed by atoms with Gasteiger partial charge in [-0.3, -0.25) is 4.79 Å². The molecule has 0 unspecified atom stereocenters. The number of carbonyl (C=O) groups excluding carboxylic acids is 4. The molecule has 110 heavy (non-hydrogen) atoms. The number of anilines is 4. The third kappa shape index (κ3) is 18.4. The molecule has 0 atom stereocenters. The number of nitrogens with zero attached hydrogens (tertiary/aromatic N) is 3. The Morgan fingerprint density at radius 3 is 1.35 bits per heavy atom. The van der Waals surface area contributed by atoms with Crippen molar-refractivity contribution in [1.82, 2.24) is 18.9 Å². The van der Waals surface area contributed by atoms with Gasteiger partial charge in [-0.25, -0.2) is 50.0 Å². The van der Waals surface area contributed by atoms with Crippen LogP contribution in [0.1, 0.15) is 51.8 Å². The summed E-state index contributed by atoms with van der Waals surface area (Å²) >= 11 is 0. The molecule has 0 amide bonds. The number of benzene rings is 14. The Kier molecular flexibility index (Phi) is 25.5. The molecule has 554 valence electrons. The number of fused-ring (bicyclic) bond motifs is 7. The molecule has 0 bridgehead atoms. The number of halogens is 1. The number of aromatic nitrogens is 4. The summed E-state index contributed by atoms with van der Waals surface area (Å²) in [5.74, 6) is -1.26. The lowest BCUT2D eigenvalue weighted by atomic mass is 10.0. The summed E-state index contributed by atoms with van der Waals surface area (Å²) in [6.07, 6.45) is 0.891. The number of carbonyl (C=O) groups is 5. The standard InChI is InChI=1S/C29H20N2O4S.C19H14N2O2.C11H8O.C10H7ClO2S.C8H10N2O2.C7H8N2O2.CH4O/c1-35-29(32)22-14-16-26-27(18-22)31(28(30-26)25-12-6-10-20-8-4-5-11-24(20)25)36(33,34)23-15-13-19-7-2-3-9-21(19)17-23;1-23-19(22)13-9-10-16-17(11-13)21-18(20-16)15-8-4-6-12-5-2-3-7-14(12)15;12-8-10-6-3-5-9-4-1-2-7-11(9)10;11-14(12,13)10-6-5-8-3-1-2-4-9(8)7-10;1-12-8(11)5-2-3-6(9)7(10)4-5;8-5-2-1-4(7(10)11)3-6(5)9;1-2/h2-18H,1H3;2-11H,1H3,(H,20,21);1-8H;1-7H;2-4H,9-10H2,1H3;1-3H,8-9H2,(H,10,11);2H,1H3. The molecule has 0 radical (unpaired) electrons. The Morgan fingerprint density at radius 2 is 0.827 bits per heavy atom. The first-order valence-corrected chi connectivity index (χ1v) is 37.1. The van der Waals surface area contributed by atoms with Crippen LogP contribution in [0.25, 0.3) is 98.7 Å². The number of carboxylic acid groups (broad SMARTS) is 1. The zero-order valence-electron chi connectivity index (χ0n) is 59.4. The fraction of sp³-hybridized carbons (Fsp3) is 0.0471. The van der Waals surface area contributed by atoms with Gasteiger partial charge in [-0.15, -0.1) is 0 Å². The molecule has 0 saturated carbocycles. The number of aromatic amines is 1. The summed E-state index contributed by atoms with van der Waals surface area (Å²) in [7, 11) is 2.48. The molecule has 16 aromatic rings. The van der Waals surface area contributed by atoms with Crippen LogP contribution in [0.2, 0.25) is 0 Å². The van der Waals surface area contributed by atoms with E-state index in [1.54, 1.807) is 66.7 Å². The summed E-state index contributed by atoms with van der Waals surface area (Å²) in [4.78, 5) is 68.9. The van der Waals surface area contributed by atoms with E-state index in [-0.39, 0.29) is 32.7 Å². The molecule has 2 aromatic heterocycles. The van der Waals surface area contributed by atoms with E-state index in [0.29, 0.717) is 50.5 Å². The van der Waals surface area contributed by atoms with E-state index >= 15 is 0 Å². The molecule has 0 spiro atoms. The minimum Gasteiger partial charge on any atom is -0.478 e. The molecular formula is C85H71ClN8O14S2. The minimum atomic E-state index is -4.11. The number of aliphatic hydroxyl groups excluding tert-OH is 1.